The van der Waals surface area contributed by atoms with Crippen LogP contribution in [0.1, 0.15) is 58.7 Å². The number of fused-ring (bicyclic) bond motifs is 1. The minimum atomic E-state index is -1.20. The number of amides is 7. The van der Waals surface area contributed by atoms with Crippen molar-refractivity contribution in [3.8, 4) is 0 Å². The average Bonchev–Trinajstić information content (AvgIpc) is 3.83. The molecule has 4 unspecified atom stereocenters. The van der Waals surface area contributed by atoms with Crippen LogP contribution in [0.4, 0.5) is 0 Å². The Hall–Kier alpha value is -5.43. The largest absolute Gasteiger partial charge is 0.368 e. The molecule has 7 amide bonds. The monoisotopic (exact) mass is 811 g/mol. The van der Waals surface area contributed by atoms with Gasteiger partial charge in [0.15, 0.2) is 0 Å². The summed E-state index contributed by atoms with van der Waals surface area (Å²) in [6, 6.07) is 1.38. The van der Waals surface area contributed by atoms with Gasteiger partial charge in [-0.2, -0.15) is 11.8 Å². The van der Waals surface area contributed by atoms with Crippen LogP contribution < -0.4 is 43.4 Å². The van der Waals surface area contributed by atoms with E-state index in [9.17, 15) is 33.6 Å². The SMILES string of the molecule is CSCCC(NC(=O)[C@H](CC(C)C)NC(=O)C(Cc1cnc[nH]1)NC(=O)CNC(=O)C(NC(=O)[C@H](C)NC(=O)C(N)Cc1c[nH]c2ccccc12)C(C)C)C(N)=O. The molecule has 18 nitrogen and oxygen atoms in total. The maximum atomic E-state index is 13.7. The van der Waals surface area contributed by atoms with Crippen molar-refractivity contribution in [3.05, 3.63) is 54.2 Å². The first-order valence-electron chi connectivity index (χ1n) is 18.8. The molecular weight excluding hydrogens is 755 g/mol. The van der Waals surface area contributed by atoms with Gasteiger partial charge in [0.1, 0.15) is 30.2 Å². The summed E-state index contributed by atoms with van der Waals surface area (Å²) in [5.74, 6) is -4.42. The second-order valence-corrected chi connectivity index (χ2v) is 15.7. The summed E-state index contributed by atoms with van der Waals surface area (Å²) in [7, 11) is 0. The van der Waals surface area contributed by atoms with Crippen LogP contribution in [0.5, 0.6) is 0 Å². The van der Waals surface area contributed by atoms with Crippen molar-refractivity contribution in [2.75, 3.05) is 18.6 Å². The molecule has 312 valence electrons. The molecule has 0 bridgehead atoms. The van der Waals surface area contributed by atoms with E-state index in [4.69, 9.17) is 11.5 Å². The lowest BCUT2D eigenvalue weighted by molar-refractivity contribution is -0.134. The number of rotatable bonds is 23. The fraction of sp³-hybridized carbons (Fsp3) is 0.526. The third kappa shape index (κ3) is 14.5. The summed E-state index contributed by atoms with van der Waals surface area (Å²) < 4.78 is 0. The molecule has 0 aliphatic heterocycles. The lowest BCUT2D eigenvalue weighted by Crippen LogP contribution is -2.58. The number of nitrogens with one attached hydrogen (secondary N) is 8. The Kier molecular flexibility index (Phi) is 18.0. The fourth-order valence-electron chi connectivity index (χ4n) is 5.95. The number of imidazole rings is 1. The van der Waals surface area contributed by atoms with Gasteiger partial charge < -0.3 is 53.3 Å². The first kappa shape index (κ1) is 46.0. The number of primary amides is 1. The molecule has 19 heteroatoms. The van der Waals surface area contributed by atoms with Crippen LogP contribution in [0.25, 0.3) is 10.9 Å². The Morgan fingerprint density at radius 3 is 2.11 bits per heavy atom. The number of para-hydroxylation sites is 1. The molecule has 1 aromatic carbocycles. The van der Waals surface area contributed by atoms with E-state index in [0.717, 1.165) is 16.5 Å². The summed E-state index contributed by atoms with van der Waals surface area (Å²) in [6.07, 6.45) is 7.28. The number of carbonyl (C=O) groups excluding carboxylic acids is 7. The average molecular weight is 812 g/mol. The lowest BCUT2D eigenvalue weighted by Gasteiger charge is -2.26. The molecule has 2 aromatic heterocycles. The zero-order valence-electron chi connectivity index (χ0n) is 33.3. The van der Waals surface area contributed by atoms with E-state index >= 15 is 0 Å². The summed E-state index contributed by atoms with van der Waals surface area (Å²) in [4.78, 5) is 101. The standard InChI is InChI=1S/C38H57N11O7S/c1-20(2)13-29(36(54)47-28(33(40)51)11-12-57-6)48-37(55)30(15-24-17-41-19-44-24)46-31(50)18-43-38(56)32(21(3)4)49-34(52)22(5)45-35(53)26(39)14-23-16-42-27-10-8-7-9-25(23)27/h7-10,16-17,19-22,26,28-30,32,42H,11-15,18,39H2,1-6H3,(H2,40,51)(H,41,44)(H,43,56)(H,45,53)(H,46,50)(H,47,54)(H,48,55)(H,49,52)/t22-,26?,28?,29-,30?,32?/m0/s1. The van der Waals surface area contributed by atoms with Crippen LogP contribution in [-0.2, 0) is 46.4 Å². The zero-order valence-corrected chi connectivity index (χ0v) is 34.1. The molecule has 0 radical (unpaired) electrons. The van der Waals surface area contributed by atoms with Gasteiger partial charge >= 0.3 is 0 Å². The van der Waals surface area contributed by atoms with Crippen LogP contribution in [0.15, 0.2) is 43.0 Å². The van der Waals surface area contributed by atoms with Crippen LogP contribution in [0, 0.1) is 11.8 Å². The molecule has 2 heterocycles. The second-order valence-electron chi connectivity index (χ2n) is 14.7. The highest BCUT2D eigenvalue weighted by Gasteiger charge is 2.31. The van der Waals surface area contributed by atoms with Gasteiger partial charge in [-0.15, -0.1) is 0 Å². The number of nitrogens with zero attached hydrogens (tertiary/aromatic N) is 1. The molecule has 6 atom stereocenters. The highest BCUT2D eigenvalue weighted by Crippen LogP contribution is 2.19. The van der Waals surface area contributed by atoms with Crippen LogP contribution in [-0.4, -0.2) is 111 Å². The Balaban J connectivity index is 1.60. The molecule has 3 aromatic rings. The van der Waals surface area contributed by atoms with Crippen molar-refractivity contribution in [1.82, 2.24) is 46.9 Å². The number of benzene rings is 1. The molecule has 0 saturated heterocycles. The van der Waals surface area contributed by atoms with Gasteiger partial charge in [0.05, 0.1) is 18.9 Å². The number of aromatic nitrogens is 3. The van der Waals surface area contributed by atoms with Crippen molar-refractivity contribution in [3.63, 3.8) is 0 Å². The third-order valence-corrected chi connectivity index (χ3v) is 9.76. The van der Waals surface area contributed by atoms with Crippen molar-refractivity contribution in [1.29, 1.82) is 0 Å². The molecule has 3 rings (SSSR count). The number of hydrogen-bond donors (Lipinski definition) is 10. The number of thioether (sulfide) groups is 1. The maximum absolute atomic E-state index is 13.7. The molecule has 0 aliphatic carbocycles. The predicted octanol–water partition coefficient (Wildman–Crippen LogP) is -0.496. The highest BCUT2D eigenvalue weighted by molar-refractivity contribution is 7.98. The van der Waals surface area contributed by atoms with E-state index in [1.807, 2.05) is 44.4 Å². The van der Waals surface area contributed by atoms with Crippen molar-refractivity contribution in [2.45, 2.75) is 96.6 Å². The first-order valence-corrected chi connectivity index (χ1v) is 20.2. The predicted molar refractivity (Wildman–Crippen MR) is 217 cm³/mol. The van der Waals surface area contributed by atoms with Gasteiger partial charge in [-0.05, 0) is 61.7 Å². The number of nitrogens with two attached hydrogens (primary N) is 2. The zero-order chi connectivity index (χ0) is 42.2. The van der Waals surface area contributed by atoms with Crippen LogP contribution in [0.3, 0.4) is 0 Å². The van der Waals surface area contributed by atoms with E-state index in [1.165, 1.54) is 31.2 Å². The van der Waals surface area contributed by atoms with Gasteiger partial charge in [-0.3, -0.25) is 33.6 Å². The number of aromatic amines is 2. The number of H-pyrrole nitrogens is 2. The van der Waals surface area contributed by atoms with Gasteiger partial charge in [0, 0.05) is 35.4 Å². The minimum absolute atomic E-state index is 0.0289. The van der Waals surface area contributed by atoms with Crippen molar-refractivity contribution >= 4 is 64.0 Å². The first-order chi connectivity index (χ1) is 27.0. The molecule has 0 fully saturated rings. The number of hydrogen-bond acceptors (Lipinski definition) is 10. The van der Waals surface area contributed by atoms with Crippen molar-refractivity contribution < 1.29 is 33.6 Å². The molecule has 0 saturated carbocycles. The lowest BCUT2D eigenvalue weighted by atomic mass is 10.0. The van der Waals surface area contributed by atoms with Crippen LogP contribution >= 0.6 is 11.8 Å². The topological polar surface area (TPSA) is 288 Å². The second kappa shape index (κ2) is 22.3. The van der Waals surface area contributed by atoms with E-state index in [1.54, 1.807) is 20.0 Å². The van der Waals surface area contributed by atoms with Crippen LogP contribution in [0.2, 0.25) is 0 Å². The Bertz CT molecular complexity index is 1830. The Morgan fingerprint density at radius 1 is 0.789 bits per heavy atom. The van der Waals surface area contributed by atoms with E-state index < -0.39 is 90.1 Å². The molecular formula is C38H57N11O7S. The number of carbonyl (C=O) groups is 7. The Labute approximate surface area is 336 Å². The molecule has 12 N–H and O–H groups in total. The minimum Gasteiger partial charge on any atom is -0.368 e. The smallest absolute Gasteiger partial charge is 0.243 e. The normalized spacial score (nSPS) is 14.5. The van der Waals surface area contributed by atoms with Gasteiger partial charge in [0.25, 0.3) is 0 Å². The quantitative estimate of drug-likeness (QED) is 0.0586. The fourth-order valence-corrected chi connectivity index (χ4v) is 6.42. The molecule has 57 heavy (non-hydrogen) atoms. The van der Waals surface area contributed by atoms with E-state index in [0.29, 0.717) is 17.9 Å². The summed E-state index contributed by atoms with van der Waals surface area (Å²) >= 11 is 1.49. The summed E-state index contributed by atoms with van der Waals surface area (Å²) in [6.45, 7) is 8.05. The summed E-state index contributed by atoms with van der Waals surface area (Å²) in [5.41, 5.74) is 14.0. The van der Waals surface area contributed by atoms with E-state index in [2.05, 4.69) is 46.9 Å². The molecule has 0 spiro atoms. The van der Waals surface area contributed by atoms with Gasteiger partial charge in [0.2, 0.25) is 41.4 Å². The highest BCUT2D eigenvalue weighted by atomic mass is 32.2. The van der Waals surface area contributed by atoms with E-state index in [-0.39, 0.29) is 25.2 Å². The summed E-state index contributed by atoms with van der Waals surface area (Å²) in [5, 5.41) is 16.6. The molecule has 0 aliphatic rings. The van der Waals surface area contributed by atoms with Gasteiger partial charge in [-0.1, -0.05) is 45.9 Å². The van der Waals surface area contributed by atoms with Crippen molar-refractivity contribution in [2.24, 2.45) is 23.3 Å². The maximum Gasteiger partial charge on any atom is 0.243 e. The third-order valence-electron chi connectivity index (χ3n) is 9.11. The van der Waals surface area contributed by atoms with Gasteiger partial charge in [-0.25, -0.2) is 4.98 Å². The Morgan fingerprint density at radius 2 is 1.47 bits per heavy atom.